The standard InChI is InChI=1S/C13H12NO2/c1-15-12-7-2-3-8-13(12)16-10-11-6-4-5-9-14-11/h3-9H,10H2,1H3. The van der Waals surface area contributed by atoms with E-state index in [1.807, 2.05) is 24.3 Å². The quantitative estimate of drug-likeness (QED) is 0.783. The van der Waals surface area contributed by atoms with Crippen molar-refractivity contribution in [1.82, 2.24) is 4.98 Å². The zero-order valence-corrected chi connectivity index (χ0v) is 9.01. The summed E-state index contributed by atoms with van der Waals surface area (Å²) in [4.78, 5) is 4.18. The molecule has 0 unspecified atom stereocenters. The molecule has 1 heterocycles. The Kier molecular flexibility index (Phi) is 3.38. The highest BCUT2D eigenvalue weighted by molar-refractivity contribution is 5.38. The molecule has 0 N–H and O–H groups in total. The highest BCUT2D eigenvalue weighted by atomic mass is 16.5. The number of nitrogens with zero attached hydrogens (tertiary/aromatic N) is 1. The third kappa shape index (κ3) is 2.51. The molecule has 0 spiro atoms. The number of hydrogen-bond donors (Lipinski definition) is 0. The minimum absolute atomic E-state index is 0.432. The van der Waals surface area contributed by atoms with Crippen LogP contribution in [0.3, 0.4) is 0 Å². The molecule has 0 fully saturated rings. The first-order valence-electron chi connectivity index (χ1n) is 4.97. The Morgan fingerprint density at radius 2 is 2.19 bits per heavy atom. The molecule has 0 atom stereocenters. The van der Waals surface area contributed by atoms with Crippen LogP contribution in [0.2, 0.25) is 0 Å². The van der Waals surface area contributed by atoms with Gasteiger partial charge in [0.1, 0.15) is 6.61 Å². The van der Waals surface area contributed by atoms with Gasteiger partial charge in [0, 0.05) is 6.20 Å². The number of pyridine rings is 1. The maximum Gasteiger partial charge on any atom is 0.161 e. The van der Waals surface area contributed by atoms with Gasteiger partial charge in [-0.25, -0.2) is 0 Å². The number of methoxy groups -OCH3 is 1. The van der Waals surface area contributed by atoms with Gasteiger partial charge < -0.3 is 9.47 Å². The highest BCUT2D eigenvalue weighted by Gasteiger charge is 2.02. The molecule has 0 aliphatic rings. The lowest BCUT2D eigenvalue weighted by Gasteiger charge is -2.09. The highest BCUT2D eigenvalue weighted by Crippen LogP contribution is 2.26. The summed E-state index contributed by atoms with van der Waals surface area (Å²) in [6, 6.07) is 14.0. The van der Waals surface area contributed by atoms with Crippen LogP contribution in [0.15, 0.2) is 42.6 Å². The van der Waals surface area contributed by atoms with Crippen LogP contribution in [0.5, 0.6) is 11.5 Å². The van der Waals surface area contributed by atoms with Crippen molar-refractivity contribution in [2.24, 2.45) is 0 Å². The average molecular weight is 214 g/mol. The smallest absolute Gasteiger partial charge is 0.161 e. The van der Waals surface area contributed by atoms with Gasteiger partial charge in [-0.2, -0.15) is 0 Å². The summed E-state index contributed by atoms with van der Waals surface area (Å²) in [5.74, 6) is 1.38. The van der Waals surface area contributed by atoms with Gasteiger partial charge in [-0.1, -0.05) is 12.1 Å². The van der Waals surface area contributed by atoms with Gasteiger partial charge >= 0.3 is 0 Å². The SMILES string of the molecule is COc1c[c]ccc1OCc1ccccn1. The molecule has 16 heavy (non-hydrogen) atoms. The summed E-state index contributed by atoms with van der Waals surface area (Å²) in [6.45, 7) is 0.432. The zero-order valence-electron chi connectivity index (χ0n) is 9.01. The molecule has 1 radical (unpaired) electrons. The van der Waals surface area contributed by atoms with E-state index in [1.165, 1.54) is 0 Å². The van der Waals surface area contributed by atoms with Crippen LogP contribution in [0, 0.1) is 6.07 Å². The fraction of sp³-hybridized carbons (Fsp3) is 0.154. The Labute approximate surface area is 94.7 Å². The van der Waals surface area contributed by atoms with E-state index in [9.17, 15) is 0 Å². The van der Waals surface area contributed by atoms with Crippen LogP contribution in [0.1, 0.15) is 5.69 Å². The van der Waals surface area contributed by atoms with E-state index in [1.54, 1.807) is 25.4 Å². The average Bonchev–Trinajstić information content (AvgIpc) is 2.38. The third-order valence-corrected chi connectivity index (χ3v) is 2.11. The van der Waals surface area contributed by atoms with Crippen LogP contribution in [0.25, 0.3) is 0 Å². The molecule has 0 aliphatic heterocycles. The number of aromatic nitrogens is 1. The maximum absolute atomic E-state index is 5.61. The van der Waals surface area contributed by atoms with Crippen molar-refractivity contribution in [3.63, 3.8) is 0 Å². The minimum Gasteiger partial charge on any atom is -0.493 e. The van der Waals surface area contributed by atoms with Crippen LogP contribution in [-0.2, 0) is 6.61 Å². The van der Waals surface area contributed by atoms with Crippen LogP contribution in [0.4, 0.5) is 0 Å². The summed E-state index contributed by atoms with van der Waals surface area (Å²) in [5.41, 5.74) is 0.886. The first-order valence-corrected chi connectivity index (χ1v) is 4.97. The lowest BCUT2D eigenvalue weighted by atomic mass is 10.3. The molecule has 0 amide bonds. The second-order valence-corrected chi connectivity index (χ2v) is 3.19. The summed E-state index contributed by atoms with van der Waals surface area (Å²) in [6.07, 6.45) is 1.74. The zero-order chi connectivity index (χ0) is 11.2. The van der Waals surface area contributed by atoms with Crippen molar-refractivity contribution in [2.75, 3.05) is 7.11 Å². The maximum atomic E-state index is 5.61. The van der Waals surface area contributed by atoms with Crippen LogP contribution >= 0.6 is 0 Å². The molecule has 1 aromatic heterocycles. The molecule has 1 aromatic carbocycles. The molecule has 81 valence electrons. The lowest BCUT2D eigenvalue weighted by Crippen LogP contribution is -1.99. The summed E-state index contributed by atoms with van der Waals surface area (Å²) in [7, 11) is 1.61. The van der Waals surface area contributed by atoms with Crippen molar-refractivity contribution in [3.8, 4) is 11.5 Å². The van der Waals surface area contributed by atoms with Crippen molar-refractivity contribution in [3.05, 3.63) is 54.4 Å². The lowest BCUT2D eigenvalue weighted by molar-refractivity contribution is 0.280. The first-order chi connectivity index (χ1) is 7.90. The van der Waals surface area contributed by atoms with Crippen molar-refractivity contribution in [1.29, 1.82) is 0 Å². The third-order valence-electron chi connectivity index (χ3n) is 2.11. The minimum atomic E-state index is 0.432. The summed E-state index contributed by atoms with van der Waals surface area (Å²) >= 11 is 0. The fourth-order valence-corrected chi connectivity index (χ4v) is 1.31. The van der Waals surface area contributed by atoms with Gasteiger partial charge in [-0.15, -0.1) is 0 Å². The molecule has 0 saturated carbocycles. The molecule has 3 nitrogen and oxygen atoms in total. The molecule has 2 rings (SSSR count). The fourth-order valence-electron chi connectivity index (χ4n) is 1.31. The Morgan fingerprint density at radius 1 is 1.25 bits per heavy atom. The van der Waals surface area contributed by atoms with E-state index in [-0.39, 0.29) is 0 Å². The second-order valence-electron chi connectivity index (χ2n) is 3.19. The van der Waals surface area contributed by atoms with Crippen molar-refractivity contribution >= 4 is 0 Å². The van der Waals surface area contributed by atoms with E-state index >= 15 is 0 Å². The Morgan fingerprint density at radius 3 is 2.94 bits per heavy atom. The molecule has 0 aliphatic carbocycles. The van der Waals surface area contributed by atoms with Gasteiger partial charge in [0.25, 0.3) is 0 Å². The number of rotatable bonds is 4. The Bertz CT molecular complexity index is 443. The number of ether oxygens (including phenoxy) is 2. The van der Waals surface area contributed by atoms with Crippen molar-refractivity contribution < 1.29 is 9.47 Å². The Balaban J connectivity index is 2.05. The monoisotopic (exact) mass is 214 g/mol. The molecular weight excluding hydrogens is 202 g/mol. The summed E-state index contributed by atoms with van der Waals surface area (Å²) in [5, 5.41) is 0. The second kappa shape index (κ2) is 5.16. The topological polar surface area (TPSA) is 31.4 Å². The van der Waals surface area contributed by atoms with Crippen LogP contribution < -0.4 is 9.47 Å². The molecule has 0 bridgehead atoms. The van der Waals surface area contributed by atoms with Gasteiger partial charge in [0.15, 0.2) is 11.5 Å². The predicted octanol–water partition coefficient (Wildman–Crippen LogP) is 2.47. The molecule has 3 heteroatoms. The Hall–Kier alpha value is -2.03. The van der Waals surface area contributed by atoms with Gasteiger partial charge in [0.05, 0.1) is 12.8 Å². The molecule has 0 saturated heterocycles. The van der Waals surface area contributed by atoms with Gasteiger partial charge in [-0.05, 0) is 30.3 Å². The molecule has 2 aromatic rings. The largest absolute Gasteiger partial charge is 0.493 e. The van der Waals surface area contributed by atoms with Gasteiger partial charge in [-0.3, -0.25) is 4.98 Å². The number of hydrogen-bond acceptors (Lipinski definition) is 3. The first kappa shape index (κ1) is 10.5. The van der Waals surface area contributed by atoms with Gasteiger partial charge in [0.2, 0.25) is 0 Å². The van der Waals surface area contributed by atoms with E-state index in [2.05, 4.69) is 11.1 Å². The van der Waals surface area contributed by atoms with Crippen molar-refractivity contribution in [2.45, 2.75) is 6.61 Å². The predicted molar refractivity (Wildman–Crippen MR) is 60.4 cm³/mol. The van der Waals surface area contributed by atoms with E-state index < -0.39 is 0 Å². The van der Waals surface area contributed by atoms with E-state index in [0.717, 1.165) is 5.69 Å². The van der Waals surface area contributed by atoms with Crippen LogP contribution in [-0.4, -0.2) is 12.1 Å². The number of benzene rings is 1. The normalized spacial score (nSPS) is 9.81. The molecular formula is C13H12NO2. The van der Waals surface area contributed by atoms with E-state index in [4.69, 9.17) is 9.47 Å². The van der Waals surface area contributed by atoms with E-state index in [0.29, 0.717) is 18.1 Å². The summed E-state index contributed by atoms with van der Waals surface area (Å²) < 4.78 is 10.8.